The van der Waals surface area contributed by atoms with Gasteiger partial charge in [0.2, 0.25) is 0 Å². The predicted molar refractivity (Wildman–Crippen MR) is 71.1 cm³/mol. The summed E-state index contributed by atoms with van der Waals surface area (Å²) in [5, 5.41) is 3.94. The number of ether oxygens (including phenoxy) is 1. The molecule has 0 N–H and O–H groups in total. The van der Waals surface area contributed by atoms with E-state index in [-0.39, 0.29) is 5.97 Å². The summed E-state index contributed by atoms with van der Waals surface area (Å²) in [5.41, 5.74) is 2.15. The van der Waals surface area contributed by atoms with Crippen molar-refractivity contribution >= 4 is 11.7 Å². The molecule has 1 aromatic heterocycles. The maximum absolute atomic E-state index is 11.7. The van der Waals surface area contributed by atoms with Crippen LogP contribution in [0.4, 0.5) is 5.69 Å². The standard InChI is InChI=1S/C14H16N2O3/c1-10-8-11(15-19-10)9-16(2)13-7-5-4-6-12(13)14(17)18-3/h4-8H,9H2,1-3H3. The second-order valence-electron chi connectivity index (χ2n) is 4.29. The predicted octanol–water partition coefficient (Wildman–Crippen LogP) is 2.41. The number of benzene rings is 1. The number of aromatic nitrogens is 1. The lowest BCUT2D eigenvalue weighted by Gasteiger charge is -2.20. The molecule has 0 aliphatic carbocycles. The van der Waals surface area contributed by atoms with Crippen LogP contribution in [0, 0.1) is 6.92 Å². The molecule has 0 saturated heterocycles. The molecule has 1 heterocycles. The average Bonchev–Trinajstić information content (AvgIpc) is 2.83. The topological polar surface area (TPSA) is 55.6 Å². The van der Waals surface area contributed by atoms with Crippen molar-refractivity contribution in [3.63, 3.8) is 0 Å². The molecular formula is C14H16N2O3. The van der Waals surface area contributed by atoms with Crippen LogP contribution in [-0.2, 0) is 11.3 Å². The molecule has 100 valence electrons. The number of anilines is 1. The fraction of sp³-hybridized carbons (Fsp3) is 0.286. The van der Waals surface area contributed by atoms with Gasteiger partial charge in [0.15, 0.2) is 0 Å². The minimum atomic E-state index is -0.348. The van der Waals surface area contributed by atoms with E-state index in [0.29, 0.717) is 12.1 Å². The van der Waals surface area contributed by atoms with E-state index < -0.39 is 0 Å². The number of hydrogen-bond acceptors (Lipinski definition) is 5. The summed E-state index contributed by atoms with van der Waals surface area (Å²) in [6.07, 6.45) is 0. The van der Waals surface area contributed by atoms with E-state index in [1.807, 2.05) is 43.1 Å². The Bertz CT molecular complexity index is 578. The summed E-state index contributed by atoms with van der Waals surface area (Å²) in [5.74, 6) is 0.420. The van der Waals surface area contributed by atoms with Gasteiger partial charge in [-0.3, -0.25) is 0 Å². The molecule has 0 bridgehead atoms. The zero-order valence-electron chi connectivity index (χ0n) is 11.2. The van der Waals surface area contributed by atoms with E-state index in [0.717, 1.165) is 17.1 Å². The van der Waals surface area contributed by atoms with E-state index >= 15 is 0 Å². The number of aryl methyl sites for hydroxylation is 1. The molecule has 0 radical (unpaired) electrons. The number of rotatable bonds is 4. The van der Waals surface area contributed by atoms with E-state index in [9.17, 15) is 4.79 Å². The van der Waals surface area contributed by atoms with Crippen LogP contribution in [0.5, 0.6) is 0 Å². The van der Waals surface area contributed by atoms with Crippen LogP contribution in [0.3, 0.4) is 0 Å². The Morgan fingerprint density at radius 3 is 2.79 bits per heavy atom. The third-order valence-electron chi connectivity index (χ3n) is 2.80. The summed E-state index contributed by atoms with van der Waals surface area (Å²) in [4.78, 5) is 13.6. The molecule has 5 heteroatoms. The summed E-state index contributed by atoms with van der Waals surface area (Å²) in [7, 11) is 3.27. The number of carbonyl (C=O) groups is 1. The highest BCUT2D eigenvalue weighted by Gasteiger charge is 2.15. The zero-order chi connectivity index (χ0) is 13.8. The van der Waals surface area contributed by atoms with Crippen LogP contribution < -0.4 is 4.90 Å². The summed E-state index contributed by atoms with van der Waals surface area (Å²) in [6.45, 7) is 2.41. The third-order valence-corrected chi connectivity index (χ3v) is 2.80. The van der Waals surface area contributed by atoms with E-state index in [4.69, 9.17) is 9.26 Å². The van der Waals surface area contributed by atoms with Gasteiger partial charge in [0.25, 0.3) is 0 Å². The summed E-state index contributed by atoms with van der Waals surface area (Å²) in [6, 6.07) is 9.18. The first-order valence-corrected chi connectivity index (χ1v) is 5.92. The van der Waals surface area contributed by atoms with Gasteiger partial charge in [-0.25, -0.2) is 4.79 Å². The number of para-hydroxylation sites is 1. The van der Waals surface area contributed by atoms with Crippen molar-refractivity contribution < 1.29 is 14.1 Å². The average molecular weight is 260 g/mol. The Balaban J connectivity index is 2.23. The van der Waals surface area contributed by atoms with Crippen LogP contribution >= 0.6 is 0 Å². The molecular weight excluding hydrogens is 244 g/mol. The summed E-state index contributed by atoms with van der Waals surface area (Å²) < 4.78 is 9.81. The molecule has 1 aromatic carbocycles. The van der Waals surface area contributed by atoms with Crippen molar-refractivity contribution in [2.24, 2.45) is 0 Å². The zero-order valence-corrected chi connectivity index (χ0v) is 11.2. The fourth-order valence-electron chi connectivity index (χ4n) is 1.91. The minimum Gasteiger partial charge on any atom is -0.465 e. The SMILES string of the molecule is COC(=O)c1ccccc1N(C)Cc1cc(C)on1. The highest BCUT2D eigenvalue weighted by atomic mass is 16.5. The van der Waals surface area contributed by atoms with Gasteiger partial charge >= 0.3 is 5.97 Å². The molecule has 0 saturated carbocycles. The van der Waals surface area contributed by atoms with Crippen LogP contribution in [-0.4, -0.2) is 25.3 Å². The molecule has 2 aromatic rings. The number of esters is 1. The molecule has 5 nitrogen and oxygen atoms in total. The quantitative estimate of drug-likeness (QED) is 0.790. The number of methoxy groups -OCH3 is 1. The minimum absolute atomic E-state index is 0.348. The first-order chi connectivity index (χ1) is 9.11. The van der Waals surface area contributed by atoms with Crippen LogP contribution in [0.25, 0.3) is 0 Å². The van der Waals surface area contributed by atoms with E-state index in [1.54, 1.807) is 6.07 Å². The van der Waals surface area contributed by atoms with Crippen molar-refractivity contribution in [1.29, 1.82) is 0 Å². The Morgan fingerprint density at radius 2 is 2.16 bits per heavy atom. The Morgan fingerprint density at radius 1 is 1.42 bits per heavy atom. The molecule has 0 aliphatic rings. The monoisotopic (exact) mass is 260 g/mol. The number of nitrogens with zero attached hydrogens (tertiary/aromatic N) is 2. The van der Waals surface area contributed by atoms with Crippen LogP contribution in [0.15, 0.2) is 34.9 Å². The normalized spacial score (nSPS) is 10.3. The van der Waals surface area contributed by atoms with Gasteiger partial charge in [-0.1, -0.05) is 17.3 Å². The van der Waals surface area contributed by atoms with Gasteiger partial charge in [-0.15, -0.1) is 0 Å². The van der Waals surface area contributed by atoms with Gasteiger partial charge in [0, 0.05) is 13.1 Å². The third kappa shape index (κ3) is 2.93. The lowest BCUT2D eigenvalue weighted by Crippen LogP contribution is -2.20. The lowest BCUT2D eigenvalue weighted by atomic mass is 10.1. The first-order valence-electron chi connectivity index (χ1n) is 5.92. The molecule has 0 amide bonds. The molecule has 19 heavy (non-hydrogen) atoms. The van der Waals surface area contributed by atoms with Crippen molar-refractivity contribution in [1.82, 2.24) is 5.16 Å². The molecule has 0 aliphatic heterocycles. The Hall–Kier alpha value is -2.30. The smallest absolute Gasteiger partial charge is 0.339 e. The number of carbonyl (C=O) groups excluding carboxylic acids is 1. The maximum atomic E-state index is 11.7. The molecule has 0 spiro atoms. The maximum Gasteiger partial charge on any atom is 0.339 e. The van der Waals surface area contributed by atoms with Crippen molar-refractivity contribution in [2.45, 2.75) is 13.5 Å². The van der Waals surface area contributed by atoms with Crippen molar-refractivity contribution in [2.75, 3.05) is 19.1 Å². The van der Waals surface area contributed by atoms with E-state index in [1.165, 1.54) is 7.11 Å². The van der Waals surface area contributed by atoms with Crippen molar-refractivity contribution in [3.8, 4) is 0 Å². The van der Waals surface area contributed by atoms with Gasteiger partial charge in [0.1, 0.15) is 11.5 Å². The molecule has 0 atom stereocenters. The fourth-order valence-corrected chi connectivity index (χ4v) is 1.91. The highest BCUT2D eigenvalue weighted by molar-refractivity contribution is 5.95. The lowest BCUT2D eigenvalue weighted by molar-refractivity contribution is 0.0601. The Kier molecular flexibility index (Phi) is 3.85. The van der Waals surface area contributed by atoms with E-state index in [2.05, 4.69) is 5.16 Å². The van der Waals surface area contributed by atoms with Crippen LogP contribution in [0.1, 0.15) is 21.8 Å². The van der Waals surface area contributed by atoms with Gasteiger partial charge in [-0.2, -0.15) is 0 Å². The highest BCUT2D eigenvalue weighted by Crippen LogP contribution is 2.21. The molecule has 2 rings (SSSR count). The van der Waals surface area contributed by atoms with Gasteiger partial charge < -0.3 is 14.2 Å². The largest absolute Gasteiger partial charge is 0.465 e. The van der Waals surface area contributed by atoms with Crippen molar-refractivity contribution in [3.05, 3.63) is 47.3 Å². The molecule has 0 unspecified atom stereocenters. The van der Waals surface area contributed by atoms with Gasteiger partial charge in [0.05, 0.1) is 24.9 Å². The second kappa shape index (κ2) is 5.56. The summed E-state index contributed by atoms with van der Waals surface area (Å²) >= 11 is 0. The first kappa shape index (κ1) is 13.1. The second-order valence-corrected chi connectivity index (χ2v) is 4.29. The molecule has 0 fully saturated rings. The number of hydrogen-bond donors (Lipinski definition) is 0. The Labute approximate surface area is 111 Å². The van der Waals surface area contributed by atoms with Gasteiger partial charge in [-0.05, 0) is 19.1 Å². The van der Waals surface area contributed by atoms with Crippen LogP contribution in [0.2, 0.25) is 0 Å².